The third kappa shape index (κ3) is 1.75. The number of hydrogen-bond donors (Lipinski definition) is 2. The maximum Gasteiger partial charge on any atom is 0.115 e. The molecule has 1 aromatic carbocycles. The van der Waals surface area contributed by atoms with Crippen molar-refractivity contribution in [1.82, 2.24) is 5.32 Å². The maximum absolute atomic E-state index is 9.43. The molecule has 1 aromatic rings. The minimum atomic E-state index is 0.0526. The number of piperidine rings is 1. The Morgan fingerprint density at radius 2 is 2.21 bits per heavy atom. The highest BCUT2D eigenvalue weighted by molar-refractivity contribution is 5.32. The lowest BCUT2D eigenvalue weighted by atomic mass is 9.84. The molecule has 1 unspecified atom stereocenters. The van der Waals surface area contributed by atoms with Gasteiger partial charge < -0.3 is 10.4 Å². The van der Waals surface area contributed by atoms with Crippen LogP contribution in [0.15, 0.2) is 24.3 Å². The van der Waals surface area contributed by atoms with Crippen LogP contribution in [0.1, 0.15) is 31.7 Å². The number of phenols is 1. The highest BCUT2D eigenvalue weighted by Crippen LogP contribution is 2.31. The van der Waals surface area contributed by atoms with Crippen molar-refractivity contribution in [3.8, 4) is 5.75 Å². The van der Waals surface area contributed by atoms with Crippen molar-refractivity contribution in [2.45, 2.75) is 31.7 Å². The molecular formula is C12H17NO. The molecule has 76 valence electrons. The number of nitrogens with one attached hydrogen (secondary N) is 1. The van der Waals surface area contributed by atoms with Crippen LogP contribution < -0.4 is 5.32 Å². The van der Waals surface area contributed by atoms with Crippen LogP contribution in [-0.2, 0) is 5.54 Å². The number of hydrogen-bond acceptors (Lipinski definition) is 2. The van der Waals surface area contributed by atoms with E-state index in [1.807, 2.05) is 12.1 Å². The summed E-state index contributed by atoms with van der Waals surface area (Å²) in [6.45, 7) is 3.28. The topological polar surface area (TPSA) is 32.3 Å². The third-order valence-corrected chi connectivity index (χ3v) is 3.10. The minimum Gasteiger partial charge on any atom is -0.508 e. The van der Waals surface area contributed by atoms with E-state index >= 15 is 0 Å². The fourth-order valence-corrected chi connectivity index (χ4v) is 2.15. The first-order valence-electron chi connectivity index (χ1n) is 5.25. The monoisotopic (exact) mass is 191 g/mol. The summed E-state index contributed by atoms with van der Waals surface area (Å²) in [5, 5.41) is 13.0. The maximum atomic E-state index is 9.43. The molecule has 0 amide bonds. The smallest absolute Gasteiger partial charge is 0.115 e. The van der Waals surface area contributed by atoms with E-state index in [1.54, 1.807) is 6.07 Å². The summed E-state index contributed by atoms with van der Waals surface area (Å²) in [6, 6.07) is 7.57. The van der Waals surface area contributed by atoms with Crippen LogP contribution in [-0.4, -0.2) is 11.7 Å². The Bertz CT molecular complexity index is 316. The highest BCUT2D eigenvalue weighted by Gasteiger charge is 2.27. The molecule has 1 saturated heterocycles. The van der Waals surface area contributed by atoms with Crippen molar-refractivity contribution < 1.29 is 5.11 Å². The van der Waals surface area contributed by atoms with E-state index in [-0.39, 0.29) is 5.54 Å². The zero-order valence-electron chi connectivity index (χ0n) is 8.59. The zero-order chi connectivity index (χ0) is 10.0. The Balaban J connectivity index is 2.28. The average molecular weight is 191 g/mol. The zero-order valence-corrected chi connectivity index (χ0v) is 8.59. The van der Waals surface area contributed by atoms with Crippen molar-refractivity contribution in [2.24, 2.45) is 0 Å². The van der Waals surface area contributed by atoms with E-state index in [1.165, 1.54) is 18.4 Å². The number of rotatable bonds is 1. The van der Waals surface area contributed by atoms with Crippen LogP contribution in [0.3, 0.4) is 0 Å². The molecule has 14 heavy (non-hydrogen) atoms. The van der Waals surface area contributed by atoms with Gasteiger partial charge in [-0.3, -0.25) is 0 Å². The van der Waals surface area contributed by atoms with Gasteiger partial charge in [0.05, 0.1) is 0 Å². The van der Waals surface area contributed by atoms with E-state index in [0.717, 1.165) is 13.0 Å². The fraction of sp³-hybridized carbons (Fsp3) is 0.500. The van der Waals surface area contributed by atoms with Gasteiger partial charge in [-0.2, -0.15) is 0 Å². The lowest BCUT2D eigenvalue weighted by molar-refractivity contribution is 0.282. The Kier molecular flexibility index (Phi) is 2.46. The largest absolute Gasteiger partial charge is 0.508 e. The molecule has 2 nitrogen and oxygen atoms in total. The second kappa shape index (κ2) is 3.62. The first-order chi connectivity index (χ1) is 6.71. The van der Waals surface area contributed by atoms with Gasteiger partial charge >= 0.3 is 0 Å². The summed E-state index contributed by atoms with van der Waals surface area (Å²) in [4.78, 5) is 0. The second-order valence-corrected chi connectivity index (χ2v) is 4.27. The molecule has 1 fully saturated rings. The second-order valence-electron chi connectivity index (χ2n) is 4.27. The molecule has 0 spiro atoms. The lowest BCUT2D eigenvalue weighted by Gasteiger charge is -2.35. The molecular weight excluding hydrogens is 174 g/mol. The summed E-state index contributed by atoms with van der Waals surface area (Å²) in [5.74, 6) is 0.357. The van der Waals surface area contributed by atoms with Gasteiger partial charge in [-0.05, 0) is 44.0 Å². The van der Waals surface area contributed by atoms with Crippen molar-refractivity contribution in [2.75, 3.05) is 6.54 Å². The van der Waals surface area contributed by atoms with Crippen molar-refractivity contribution in [3.05, 3.63) is 29.8 Å². The number of aromatic hydroxyl groups is 1. The number of phenolic OH excluding ortho intramolecular Hbond substituents is 1. The van der Waals surface area contributed by atoms with E-state index in [4.69, 9.17) is 0 Å². The first kappa shape index (κ1) is 9.53. The molecule has 2 N–H and O–H groups in total. The van der Waals surface area contributed by atoms with Gasteiger partial charge in [0.2, 0.25) is 0 Å². The van der Waals surface area contributed by atoms with Crippen LogP contribution in [0.4, 0.5) is 0 Å². The van der Waals surface area contributed by atoms with Crippen LogP contribution >= 0.6 is 0 Å². The molecule has 0 radical (unpaired) electrons. The van der Waals surface area contributed by atoms with Gasteiger partial charge in [0, 0.05) is 5.54 Å². The predicted molar refractivity (Wildman–Crippen MR) is 57.3 cm³/mol. The Morgan fingerprint density at radius 3 is 2.86 bits per heavy atom. The highest BCUT2D eigenvalue weighted by atomic mass is 16.3. The summed E-state index contributed by atoms with van der Waals surface area (Å²) in [5.41, 5.74) is 1.24. The standard InChI is InChI=1S/C12H17NO/c1-12(7-2-3-8-13-12)10-5-4-6-11(14)9-10/h4-6,9,13-14H,2-3,7-8H2,1H3. The van der Waals surface area contributed by atoms with Crippen LogP contribution in [0.5, 0.6) is 5.75 Å². The van der Waals surface area contributed by atoms with Gasteiger partial charge in [-0.15, -0.1) is 0 Å². The molecule has 2 heteroatoms. The van der Waals surface area contributed by atoms with E-state index in [0.29, 0.717) is 5.75 Å². The molecule has 0 saturated carbocycles. The Hall–Kier alpha value is -1.02. The van der Waals surface area contributed by atoms with Crippen LogP contribution in [0.25, 0.3) is 0 Å². The average Bonchev–Trinajstić information content (AvgIpc) is 2.19. The van der Waals surface area contributed by atoms with Crippen LogP contribution in [0.2, 0.25) is 0 Å². The molecule has 1 aliphatic rings. The third-order valence-electron chi connectivity index (χ3n) is 3.10. The summed E-state index contributed by atoms with van der Waals surface area (Å²) in [7, 11) is 0. The predicted octanol–water partition coefficient (Wildman–Crippen LogP) is 2.38. The van der Waals surface area contributed by atoms with Gasteiger partial charge in [0.25, 0.3) is 0 Å². The Labute approximate surface area is 85.0 Å². The summed E-state index contributed by atoms with van der Waals surface area (Å²) in [6.07, 6.45) is 3.67. The minimum absolute atomic E-state index is 0.0526. The quantitative estimate of drug-likeness (QED) is 0.714. The molecule has 1 aliphatic heterocycles. The molecule has 0 bridgehead atoms. The van der Waals surface area contributed by atoms with E-state index in [2.05, 4.69) is 18.3 Å². The van der Waals surface area contributed by atoms with Gasteiger partial charge in [0.1, 0.15) is 5.75 Å². The first-order valence-corrected chi connectivity index (χ1v) is 5.25. The molecule has 2 rings (SSSR count). The van der Waals surface area contributed by atoms with Gasteiger partial charge in [-0.25, -0.2) is 0 Å². The fourth-order valence-electron chi connectivity index (χ4n) is 2.15. The van der Waals surface area contributed by atoms with E-state index in [9.17, 15) is 5.11 Å². The molecule has 1 atom stereocenters. The Morgan fingerprint density at radius 1 is 1.36 bits per heavy atom. The van der Waals surface area contributed by atoms with Gasteiger partial charge in [0.15, 0.2) is 0 Å². The van der Waals surface area contributed by atoms with Crippen LogP contribution in [0, 0.1) is 0 Å². The molecule has 1 heterocycles. The SMILES string of the molecule is CC1(c2cccc(O)c2)CCCCN1. The van der Waals surface area contributed by atoms with E-state index < -0.39 is 0 Å². The summed E-state index contributed by atoms with van der Waals surface area (Å²) >= 11 is 0. The summed E-state index contributed by atoms with van der Waals surface area (Å²) < 4.78 is 0. The molecule has 0 aliphatic carbocycles. The number of benzene rings is 1. The van der Waals surface area contributed by atoms with Crippen molar-refractivity contribution in [1.29, 1.82) is 0 Å². The molecule has 0 aromatic heterocycles. The lowest BCUT2D eigenvalue weighted by Crippen LogP contribution is -2.43. The van der Waals surface area contributed by atoms with Gasteiger partial charge in [-0.1, -0.05) is 18.6 Å². The normalized spacial score (nSPS) is 27.5. The van der Waals surface area contributed by atoms with Crippen molar-refractivity contribution in [3.63, 3.8) is 0 Å². The van der Waals surface area contributed by atoms with Crippen molar-refractivity contribution >= 4 is 0 Å².